The van der Waals surface area contributed by atoms with E-state index in [-0.39, 0.29) is 33.4 Å². The van der Waals surface area contributed by atoms with Crippen LogP contribution in [0.25, 0.3) is 11.2 Å². The number of hydrogen-bond acceptors (Lipinski definition) is 8. The largest absolute Gasteiger partial charge is 0.414 e. The van der Waals surface area contributed by atoms with Gasteiger partial charge < -0.3 is 23.7 Å². The number of ether oxygens (including phenoxy) is 1. The second-order valence-corrected chi connectivity index (χ2v) is 31.3. The van der Waals surface area contributed by atoms with Gasteiger partial charge in [0.2, 0.25) is 0 Å². The van der Waals surface area contributed by atoms with Crippen LogP contribution in [-0.4, -0.2) is 69.4 Å². The molecule has 0 bridgehead atoms. The van der Waals surface area contributed by atoms with Crippen LogP contribution in [0.2, 0.25) is 54.4 Å². The molecule has 0 aliphatic carbocycles. The highest BCUT2D eigenvalue weighted by atomic mass is 127. The van der Waals surface area contributed by atoms with Crippen molar-refractivity contribution in [3.05, 3.63) is 10.2 Å². The maximum absolute atomic E-state index is 7.25. The number of halogens is 1. The SMILES string of the molecule is CC(C)(C)[Si](C)(C)OC[C@H]1O[C@@H](n2cnc3c(N)nc(I)nc32)[C@H](O[Si](C)(C)C(C)(C)C)[C@@H]1O[Si](C)(C)C(C)(C)C. The number of rotatable bonds is 8. The van der Waals surface area contributed by atoms with Gasteiger partial charge in [-0.25, -0.2) is 15.0 Å². The van der Waals surface area contributed by atoms with E-state index in [1.807, 2.05) is 4.57 Å². The topological polar surface area (TPSA) is 107 Å². The first-order chi connectivity index (χ1) is 18.3. The second-order valence-electron chi connectivity index (χ2n) is 16.0. The Morgan fingerprint density at radius 3 is 1.80 bits per heavy atom. The van der Waals surface area contributed by atoms with E-state index in [1.165, 1.54) is 0 Å². The predicted molar refractivity (Wildman–Crippen MR) is 184 cm³/mol. The van der Waals surface area contributed by atoms with E-state index in [0.29, 0.717) is 27.4 Å². The van der Waals surface area contributed by atoms with Crippen molar-refractivity contribution in [2.75, 3.05) is 12.3 Å². The molecule has 9 nitrogen and oxygen atoms in total. The summed E-state index contributed by atoms with van der Waals surface area (Å²) >= 11 is 2.09. The van der Waals surface area contributed by atoms with Gasteiger partial charge in [0.25, 0.3) is 0 Å². The maximum Gasteiger partial charge on any atom is 0.194 e. The van der Waals surface area contributed by atoms with Gasteiger partial charge in [-0.1, -0.05) is 62.3 Å². The molecular formula is C28H54IN5O4Si3. The number of imidazole rings is 1. The number of anilines is 1. The summed E-state index contributed by atoms with van der Waals surface area (Å²) < 4.78 is 30.7. The van der Waals surface area contributed by atoms with Crippen LogP contribution in [0.1, 0.15) is 68.5 Å². The molecule has 1 aliphatic heterocycles. The first-order valence-corrected chi connectivity index (χ1v) is 24.4. The summed E-state index contributed by atoms with van der Waals surface area (Å²) in [7, 11) is -6.55. The van der Waals surface area contributed by atoms with Gasteiger partial charge in [0.05, 0.1) is 12.9 Å². The van der Waals surface area contributed by atoms with Crippen molar-refractivity contribution in [2.45, 2.75) is 141 Å². The molecule has 0 saturated carbocycles. The Morgan fingerprint density at radius 2 is 1.32 bits per heavy atom. The van der Waals surface area contributed by atoms with Crippen molar-refractivity contribution >= 4 is 64.5 Å². The quantitative estimate of drug-likeness (QED) is 0.167. The van der Waals surface area contributed by atoms with Crippen LogP contribution < -0.4 is 5.73 Å². The number of aromatic nitrogens is 4. The van der Waals surface area contributed by atoms with Crippen LogP contribution in [0.3, 0.4) is 0 Å². The summed E-state index contributed by atoms with van der Waals surface area (Å²) in [5.41, 5.74) is 7.44. The lowest BCUT2D eigenvalue weighted by Crippen LogP contribution is -2.54. The van der Waals surface area contributed by atoms with Gasteiger partial charge in [0.1, 0.15) is 23.8 Å². The highest BCUT2D eigenvalue weighted by Crippen LogP contribution is 2.47. The van der Waals surface area contributed by atoms with E-state index in [9.17, 15) is 0 Å². The molecule has 1 fully saturated rings. The molecule has 2 aromatic heterocycles. The number of nitrogens with two attached hydrogens (primary N) is 1. The molecular weight excluding hydrogens is 682 g/mol. The molecule has 1 saturated heterocycles. The number of nitrogen functional groups attached to an aromatic ring is 1. The Bertz CT molecular complexity index is 1230. The number of fused-ring (bicyclic) bond motifs is 1. The summed E-state index contributed by atoms with van der Waals surface area (Å²) in [4.78, 5) is 13.6. The van der Waals surface area contributed by atoms with Crippen LogP contribution >= 0.6 is 22.6 Å². The lowest BCUT2D eigenvalue weighted by Gasteiger charge is -2.44. The van der Waals surface area contributed by atoms with Crippen LogP contribution in [0.15, 0.2) is 6.33 Å². The van der Waals surface area contributed by atoms with Crippen LogP contribution in [0, 0.1) is 3.83 Å². The lowest BCUT2D eigenvalue weighted by molar-refractivity contribution is -0.0470. The minimum Gasteiger partial charge on any atom is -0.414 e. The number of nitrogens with zero attached hydrogens (tertiary/aromatic N) is 4. The summed E-state index contributed by atoms with van der Waals surface area (Å²) in [6, 6.07) is 0. The molecule has 3 heterocycles. The van der Waals surface area contributed by atoms with Crippen molar-refractivity contribution in [2.24, 2.45) is 0 Å². The standard InChI is InChI=1S/C28H54IN5O4Si3/c1-26(2,3)39(10,11)35-16-18-20(37-40(12,13)27(4,5)6)21(38-41(14,15)28(7,8)9)24(36-18)34-17-31-19-22(30)32-25(29)33-23(19)34/h17-18,20-21,24H,16H2,1-15H3,(H2,30,32,33)/t18-,20-,21-,24-/m1/s1. The first-order valence-electron chi connectivity index (χ1n) is 14.6. The molecule has 2 N–H and O–H groups in total. The number of hydrogen-bond donors (Lipinski definition) is 1. The Balaban J connectivity index is 2.18. The average Bonchev–Trinajstić information content (AvgIpc) is 3.31. The highest BCUT2D eigenvalue weighted by Gasteiger charge is 2.55. The molecule has 0 radical (unpaired) electrons. The summed E-state index contributed by atoms with van der Waals surface area (Å²) in [5, 5.41) is 0.0776. The third-order valence-corrected chi connectivity index (χ3v) is 23.8. The fourth-order valence-corrected chi connectivity index (χ4v) is 8.08. The first kappa shape index (κ1) is 35.1. The van der Waals surface area contributed by atoms with E-state index < -0.39 is 31.2 Å². The third-order valence-electron chi connectivity index (χ3n) is 9.87. The molecule has 234 valence electrons. The van der Waals surface area contributed by atoms with Gasteiger partial charge in [-0.15, -0.1) is 0 Å². The maximum atomic E-state index is 7.25. The smallest absolute Gasteiger partial charge is 0.194 e. The fraction of sp³-hybridized carbons (Fsp3) is 0.821. The molecule has 1 aliphatic rings. The monoisotopic (exact) mass is 735 g/mol. The Hall–Kier alpha value is -0.429. The molecule has 41 heavy (non-hydrogen) atoms. The van der Waals surface area contributed by atoms with Crippen molar-refractivity contribution < 1.29 is 18.0 Å². The van der Waals surface area contributed by atoms with E-state index >= 15 is 0 Å². The zero-order valence-electron chi connectivity index (χ0n) is 28.0. The van der Waals surface area contributed by atoms with E-state index in [1.54, 1.807) is 6.33 Å². The van der Waals surface area contributed by atoms with Gasteiger partial charge in [-0.05, 0) is 54.4 Å². The van der Waals surface area contributed by atoms with Crippen LogP contribution in [-0.2, 0) is 18.0 Å². The summed E-state index contributed by atoms with van der Waals surface area (Å²) in [6.45, 7) is 34.5. The van der Waals surface area contributed by atoms with Crippen molar-refractivity contribution in [1.29, 1.82) is 0 Å². The Kier molecular flexibility index (Phi) is 9.83. The molecule has 13 heteroatoms. The zero-order valence-corrected chi connectivity index (χ0v) is 33.1. The summed E-state index contributed by atoms with van der Waals surface area (Å²) in [5.74, 6) is 0.352. The minimum absolute atomic E-state index is 0.00617. The molecule has 2 aromatic rings. The molecule has 0 unspecified atom stereocenters. The highest BCUT2D eigenvalue weighted by molar-refractivity contribution is 14.1. The minimum atomic E-state index is -2.27. The fourth-order valence-electron chi connectivity index (χ4n) is 3.97. The van der Waals surface area contributed by atoms with E-state index in [2.05, 4.69) is 134 Å². The Morgan fingerprint density at radius 1 is 0.829 bits per heavy atom. The van der Waals surface area contributed by atoms with Crippen molar-refractivity contribution in [3.63, 3.8) is 0 Å². The van der Waals surface area contributed by atoms with Gasteiger partial charge >= 0.3 is 0 Å². The normalized spacial score (nSPS) is 23.5. The molecule has 0 spiro atoms. The lowest BCUT2D eigenvalue weighted by atomic mass is 10.1. The molecule has 0 amide bonds. The van der Waals surface area contributed by atoms with Crippen LogP contribution in [0.4, 0.5) is 5.82 Å². The van der Waals surface area contributed by atoms with Gasteiger partial charge in [-0.3, -0.25) is 4.57 Å². The summed E-state index contributed by atoms with van der Waals surface area (Å²) in [6.07, 6.45) is 0.203. The predicted octanol–water partition coefficient (Wildman–Crippen LogP) is 7.71. The van der Waals surface area contributed by atoms with Gasteiger partial charge in [0, 0.05) is 22.6 Å². The second kappa shape index (κ2) is 11.5. The Labute approximate surface area is 264 Å². The molecule has 4 atom stereocenters. The van der Waals surface area contributed by atoms with E-state index in [4.69, 9.17) is 28.7 Å². The zero-order chi connectivity index (χ0) is 31.6. The van der Waals surface area contributed by atoms with E-state index in [0.717, 1.165) is 0 Å². The molecule has 0 aromatic carbocycles. The van der Waals surface area contributed by atoms with Crippen molar-refractivity contribution in [3.8, 4) is 0 Å². The average molecular weight is 736 g/mol. The third kappa shape index (κ3) is 7.28. The van der Waals surface area contributed by atoms with Crippen molar-refractivity contribution in [1.82, 2.24) is 19.5 Å². The molecule has 3 rings (SSSR count). The van der Waals surface area contributed by atoms with Gasteiger partial charge in [-0.2, -0.15) is 0 Å². The van der Waals surface area contributed by atoms with Crippen LogP contribution in [0.5, 0.6) is 0 Å². The van der Waals surface area contributed by atoms with Gasteiger partial charge in [0.15, 0.2) is 46.5 Å².